The highest BCUT2D eigenvalue weighted by atomic mass is 35.5. The van der Waals surface area contributed by atoms with Gasteiger partial charge < -0.3 is 20.0 Å². The topological polar surface area (TPSA) is 55.9 Å². The summed E-state index contributed by atoms with van der Waals surface area (Å²) in [5.41, 5.74) is 1.51. The van der Waals surface area contributed by atoms with Crippen molar-refractivity contribution in [3.8, 4) is 0 Å². The summed E-state index contributed by atoms with van der Waals surface area (Å²) in [6.45, 7) is 4.92. The number of anilines is 1. The van der Waals surface area contributed by atoms with Gasteiger partial charge in [-0.15, -0.1) is 0 Å². The summed E-state index contributed by atoms with van der Waals surface area (Å²) in [6.07, 6.45) is 1.88. The number of amides is 2. The fraction of sp³-hybridized carbons (Fsp3) is 0.579. The van der Waals surface area contributed by atoms with Crippen molar-refractivity contribution in [3.05, 3.63) is 28.8 Å². The first-order valence-corrected chi connectivity index (χ1v) is 9.61. The van der Waals surface area contributed by atoms with Crippen LogP contribution in [0.3, 0.4) is 0 Å². The highest BCUT2D eigenvalue weighted by molar-refractivity contribution is 6.34. The Hall–Kier alpha value is -1.79. The van der Waals surface area contributed by atoms with Gasteiger partial charge >= 0.3 is 0 Å². The van der Waals surface area contributed by atoms with Gasteiger partial charge in [0.05, 0.1) is 10.6 Å². The first kappa shape index (κ1) is 19.0. The van der Waals surface area contributed by atoms with Gasteiger partial charge in [0.1, 0.15) is 0 Å². The van der Waals surface area contributed by atoms with Crippen LogP contribution in [0, 0.1) is 5.92 Å². The molecule has 0 aromatic heterocycles. The number of piperazine rings is 1. The Morgan fingerprint density at radius 2 is 1.77 bits per heavy atom. The molecular formula is C19H27ClN4O2. The quantitative estimate of drug-likeness (QED) is 0.869. The van der Waals surface area contributed by atoms with E-state index in [9.17, 15) is 9.59 Å². The van der Waals surface area contributed by atoms with Gasteiger partial charge in [-0.2, -0.15) is 0 Å². The molecule has 6 nitrogen and oxygen atoms in total. The standard InChI is InChI=1S/C19H27ClN4O2/c1-22(2)19(26)16-4-3-15(13-17(16)20)23-9-11-24(12-10-23)18(25)14-5-7-21-8-6-14/h3-4,13-14,21H,5-12H2,1-2H3. The van der Waals surface area contributed by atoms with E-state index in [0.717, 1.165) is 57.8 Å². The zero-order valence-corrected chi connectivity index (χ0v) is 16.3. The second-order valence-electron chi connectivity index (χ2n) is 7.20. The minimum Gasteiger partial charge on any atom is -0.368 e. The molecule has 26 heavy (non-hydrogen) atoms. The molecule has 1 aromatic rings. The van der Waals surface area contributed by atoms with Crippen molar-refractivity contribution >= 4 is 29.1 Å². The summed E-state index contributed by atoms with van der Waals surface area (Å²) < 4.78 is 0. The number of nitrogens with one attached hydrogen (secondary N) is 1. The number of benzene rings is 1. The number of rotatable bonds is 3. The average Bonchev–Trinajstić information content (AvgIpc) is 2.67. The fourth-order valence-corrected chi connectivity index (χ4v) is 3.88. The summed E-state index contributed by atoms with van der Waals surface area (Å²) in [6, 6.07) is 5.57. The zero-order valence-electron chi connectivity index (χ0n) is 15.5. The molecule has 0 unspecified atom stereocenters. The molecule has 1 N–H and O–H groups in total. The number of halogens is 1. The van der Waals surface area contributed by atoms with Crippen LogP contribution in [0.2, 0.25) is 5.02 Å². The maximum atomic E-state index is 12.7. The number of hydrogen-bond acceptors (Lipinski definition) is 4. The summed E-state index contributed by atoms with van der Waals surface area (Å²) in [5.74, 6) is 0.378. The van der Waals surface area contributed by atoms with Crippen molar-refractivity contribution in [2.75, 3.05) is 58.3 Å². The van der Waals surface area contributed by atoms with Crippen LogP contribution in [-0.4, -0.2) is 75.0 Å². The monoisotopic (exact) mass is 378 g/mol. The molecule has 0 aliphatic carbocycles. The molecule has 2 fully saturated rings. The molecule has 2 heterocycles. The van der Waals surface area contributed by atoms with Crippen LogP contribution in [0.5, 0.6) is 0 Å². The Labute approximate surface area is 160 Å². The number of piperidine rings is 1. The smallest absolute Gasteiger partial charge is 0.254 e. The second-order valence-corrected chi connectivity index (χ2v) is 7.61. The van der Waals surface area contributed by atoms with Crippen LogP contribution < -0.4 is 10.2 Å². The SMILES string of the molecule is CN(C)C(=O)c1ccc(N2CCN(C(=O)C3CCNCC3)CC2)cc1Cl. The summed E-state index contributed by atoms with van der Waals surface area (Å²) in [5, 5.41) is 3.77. The van der Waals surface area contributed by atoms with E-state index in [1.807, 2.05) is 17.0 Å². The molecule has 0 saturated carbocycles. The van der Waals surface area contributed by atoms with E-state index in [4.69, 9.17) is 11.6 Å². The van der Waals surface area contributed by atoms with Crippen molar-refractivity contribution in [1.29, 1.82) is 0 Å². The van der Waals surface area contributed by atoms with Crippen molar-refractivity contribution in [3.63, 3.8) is 0 Å². The van der Waals surface area contributed by atoms with Gasteiger partial charge in [-0.3, -0.25) is 9.59 Å². The summed E-state index contributed by atoms with van der Waals surface area (Å²) >= 11 is 6.32. The van der Waals surface area contributed by atoms with E-state index >= 15 is 0 Å². The lowest BCUT2D eigenvalue weighted by Gasteiger charge is -2.38. The second kappa shape index (κ2) is 8.27. The molecular weight excluding hydrogens is 352 g/mol. The van der Waals surface area contributed by atoms with Gasteiger partial charge in [0.2, 0.25) is 5.91 Å². The Balaban J connectivity index is 1.60. The highest BCUT2D eigenvalue weighted by Crippen LogP contribution is 2.26. The Bertz CT molecular complexity index is 666. The van der Waals surface area contributed by atoms with Gasteiger partial charge in [0.25, 0.3) is 5.91 Å². The summed E-state index contributed by atoms with van der Waals surface area (Å²) in [4.78, 5) is 30.5. The van der Waals surface area contributed by atoms with Crippen LogP contribution in [0.1, 0.15) is 23.2 Å². The van der Waals surface area contributed by atoms with Gasteiger partial charge in [0.15, 0.2) is 0 Å². The van der Waals surface area contributed by atoms with Gasteiger partial charge in [-0.25, -0.2) is 0 Å². The van der Waals surface area contributed by atoms with Crippen LogP contribution in [0.15, 0.2) is 18.2 Å². The van der Waals surface area contributed by atoms with E-state index in [1.165, 1.54) is 4.90 Å². The molecule has 0 atom stereocenters. The van der Waals surface area contributed by atoms with E-state index in [1.54, 1.807) is 20.2 Å². The third kappa shape index (κ3) is 4.13. The number of hydrogen-bond donors (Lipinski definition) is 1. The molecule has 2 saturated heterocycles. The predicted octanol–water partition coefficient (Wildman–Crippen LogP) is 1.69. The number of carbonyl (C=O) groups is 2. The van der Waals surface area contributed by atoms with E-state index in [0.29, 0.717) is 16.5 Å². The van der Waals surface area contributed by atoms with E-state index in [2.05, 4.69) is 10.2 Å². The first-order valence-electron chi connectivity index (χ1n) is 9.23. The number of carbonyl (C=O) groups excluding carboxylic acids is 2. The first-order chi connectivity index (χ1) is 12.5. The Morgan fingerprint density at radius 1 is 1.12 bits per heavy atom. The molecule has 2 aliphatic heterocycles. The van der Waals surface area contributed by atoms with Crippen LogP contribution in [0.25, 0.3) is 0 Å². The molecule has 0 bridgehead atoms. The molecule has 2 aliphatic rings. The largest absolute Gasteiger partial charge is 0.368 e. The van der Waals surface area contributed by atoms with Crippen LogP contribution in [0.4, 0.5) is 5.69 Å². The maximum absolute atomic E-state index is 12.7. The van der Waals surface area contributed by atoms with E-state index in [-0.39, 0.29) is 11.8 Å². The highest BCUT2D eigenvalue weighted by Gasteiger charge is 2.28. The third-order valence-electron chi connectivity index (χ3n) is 5.23. The zero-order chi connectivity index (χ0) is 18.7. The Kier molecular flexibility index (Phi) is 6.04. The van der Waals surface area contributed by atoms with Gasteiger partial charge in [-0.1, -0.05) is 11.6 Å². The lowest BCUT2D eigenvalue weighted by atomic mass is 9.96. The Morgan fingerprint density at radius 3 is 2.35 bits per heavy atom. The van der Waals surface area contributed by atoms with Crippen LogP contribution >= 0.6 is 11.6 Å². The maximum Gasteiger partial charge on any atom is 0.254 e. The molecule has 142 valence electrons. The molecule has 3 rings (SSSR count). The minimum atomic E-state index is -0.0982. The molecule has 1 aromatic carbocycles. The molecule has 7 heteroatoms. The van der Waals surface area contributed by atoms with Crippen molar-refractivity contribution in [1.82, 2.24) is 15.1 Å². The molecule has 2 amide bonds. The normalized spacial score (nSPS) is 18.7. The van der Waals surface area contributed by atoms with Crippen molar-refractivity contribution < 1.29 is 9.59 Å². The lowest BCUT2D eigenvalue weighted by molar-refractivity contribution is -0.136. The molecule has 0 spiro atoms. The van der Waals surface area contributed by atoms with Gasteiger partial charge in [-0.05, 0) is 44.1 Å². The van der Waals surface area contributed by atoms with Gasteiger partial charge in [0, 0.05) is 51.9 Å². The predicted molar refractivity (Wildman–Crippen MR) is 104 cm³/mol. The number of nitrogens with zero attached hydrogens (tertiary/aromatic N) is 3. The molecule has 0 radical (unpaired) electrons. The van der Waals surface area contributed by atoms with Crippen molar-refractivity contribution in [2.24, 2.45) is 5.92 Å². The van der Waals surface area contributed by atoms with Crippen molar-refractivity contribution in [2.45, 2.75) is 12.8 Å². The van der Waals surface area contributed by atoms with Crippen LogP contribution in [-0.2, 0) is 4.79 Å². The summed E-state index contributed by atoms with van der Waals surface area (Å²) in [7, 11) is 3.43. The minimum absolute atomic E-state index is 0.0982. The van der Waals surface area contributed by atoms with E-state index < -0.39 is 0 Å². The lowest BCUT2D eigenvalue weighted by Crippen LogP contribution is -2.51. The third-order valence-corrected chi connectivity index (χ3v) is 5.55. The fourth-order valence-electron chi connectivity index (χ4n) is 3.63. The average molecular weight is 379 g/mol.